The first kappa shape index (κ1) is 9.19. The Hall–Kier alpha value is -1.38. The molecule has 0 N–H and O–H groups in total. The number of aromatic nitrogens is 1. The summed E-state index contributed by atoms with van der Waals surface area (Å²) >= 11 is 0. The average Bonchev–Trinajstić information content (AvgIpc) is 2.70. The van der Waals surface area contributed by atoms with Gasteiger partial charge in [0.2, 0.25) is 5.88 Å². The van der Waals surface area contributed by atoms with Gasteiger partial charge in [0.05, 0.1) is 7.11 Å². The lowest BCUT2D eigenvalue weighted by Gasteiger charge is -2.05. The van der Waals surface area contributed by atoms with Crippen molar-refractivity contribution in [1.29, 1.82) is 0 Å². The number of pyridine rings is 1. The highest BCUT2D eigenvalue weighted by molar-refractivity contribution is 6.01. The monoisotopic (exact) mass is 190 g/mol. The number of nitrogens with zero attached hydrogens (tertiary/aromatic N) is 2. The van der Waals surface area contributed by atoms with Crippen LogP contribution in [-0.2, 0) is 0 Å². The lowest BCUT2D eigenvalue weighted by Crippen LogP contribution is -1.99. The first-order valence-electron chi connectivity index (χ1n) is 4.85. The molecule has 1 aliphatic heterocycles. The molecule has 1 aromatic heterocycles. The summed E-state index contributed by atoms with van der Waals surface area (Å²) in [6, 6.07) is 2.09. The van der Waals surface area contributed by atoms with E-state index in [1.54, 1.807) is 7.11 Å². The topological polar surface area (TPSA) is 34.5 Å². The van der Waals surface area contributed by atoms with Gasteiger partial charge < -0.3 is 4.74 Å². The molecule has 14 heavy (non-hydrogen) atoms. The second-order valence-electron chi connectivity index (χ2n) is 3.48. The molecule has 0 spiro atoms. The number of ether oxygens (including phenoxy) is 1. The Balaban J connectivity index is 2.32. The van der Waals surface area contributed by atoms with Crippen LogP contribution in [0.5, 0.6) is 5.88 Å². The van der Waals surface area contributed by atoms with Crippen LogP contribution < -0.4 is 4.74 Å². The molecule has 3 heteroatoms. The van der Waals surface area contributed by atoms with Crippen molar-refractivity contribution in [2.24, 2.45) is 4.99 Å². The van der Waals surface area contributed by atoms with E-state index in [2.05, 4.69) is 16.0 Å². The van der Waals surface area contributed by atoms with Crippen LogP contribution in [0.25, 0.3) is 0 Å². The third-order valence-electron chi connectivity index (χ3n) is 2.43. The Kier molecular flexibility index (Phi) is 2.48. The number of aryl methyl sites for hydroxylation is 1. The van der Waals surface area contributed by atoms with Gasteiger partial charge in [-0.2, -0.15) is 0 Å². The van der Waals surface area contributed by atoms with Gasteiger partial charge in [-0.15, -0.1) is 0 Å². The van der Waals surface area contributed by atoms with Crippen molar-refractivity contribution in [3.05, 3.63) is 23.4 Å². The number of aliphatic imine (C=N–C) groups is 1. The predicted octanol–water partition coefficient (Wildman–Crippen LogP) is 1.98. The zero-order valence-corrected chi connectivity index (χ0v) is 8.58. The van der Waals surface area contributed by atoms with Gasteiger partial charge >= 0.3 is 0 Å². The lowest BCUT2D eigenvalue weighted by molar-refractivity contribution is 0.394. The van der Waals surface area contributed by atoms with Crippen LogP contribution in [-0.4, -0.2) is 24.4 Å². The van der Waals surface area contributed by atoms with Crippen LogP contribution in [0.1, 0.15) is 24.0 Å². The van der Waals surface area contributed by atoms with Crippen molar-refractivity contribution in [2.75, 3.05) is 13.7 Å². The van der Waals surface area contributed by atoms with Crippen LogP contribution in [0, 0.1) is 6.92 Å². The maximum atomic E-state index is 5.11. The van der Waals surface area contributed by atoms with Crippen molar-refractivity contribution in [3.8, 4) is 5.88 Å². The Morgan fingerprint density at radius 3 is 2.86 bits per heavy atom. The number of rotatable bonds is 2. The highest BCUT2D eigenvalue weighted by Crippen LogP contribution is 2.18. The zero-order chi connectivity index (χ0) is 9.97. The van der Waals surface area contributed by atoms with Crippen LogP contribution in [0.4, 0.5) is 0 Å². The summed E-state index contributed by atoms with van der Waals surface area (Å²) < 4.78 is 5.11. The van der Waals surface area contributed by atoms with Gasteiger partial charge in [0.15, 0.2) is 0 Å². The third-order valence-corrected chi connectivity index (χ3v) is 2.43. The van der Waals surface area contributed by atoms with E-state index in [1.165, 1.54) is 12.1 Å². The van der Waals surface area contributed by atoms with Gasteiger partial charge in [-0.05, 0) is 25.8 Å². The predicted molar refractivity (Wildman–Crippen MR) is 56.2 cm³/mol. The molecule has 0 saturated heterocycles. The minimum absolute atomic E-state index is 0.701. The molecule has 0 radical (unpaired) electrons. The van der Waals surface area contributed by atoms with Crippen LogP contribution in [0.15, 0.2) is 17.3 Å². The summed E-state index contributed by atoms with van der Waals surface area (Å²) in [5, 5.41) is 0. The quantitative estimate of drug-likeness (QED) is 0.714. The molecule has 0 saturated carbocycles. The first-order chi connectivity index (χ1) is 6.81. The van der Waals surface area contributed by atoms with Crippen LogP contribution >= 0.6 is 0 Å². The van der Waals surface area contributed by atoms with Gasteiger partial charge in [0.25, 0.3) is 0 Å². The molecule has 74 valence electrons. The Morgan fingerprint density at radius 1 is 1.43 bits per heavy atom. The van der Waals surface area contributed by atoms with Gasteiger partial charge in [-0.25, -0.2) is 4.98 Å². The number of hydrogen-bond donors (Lipinski definition) is 0. The fraction of sp³-hybridized carbons (Fsp3) is 0.455. The molecule has 0 unspecified atom stereocenters. The molecular formula is C11H14N2O. The first-order valence-corrected chi connectivity index (χ1v) is 4.85. The third kappa shape index (κ3) is 1.62. The Bertz CT molecular complexity index is 372. The second kappa shape index (κ2) is 3.78. The molecule has 1 aliphatic rings. The molecule has 3 nitrogen and oxygen atoms in total. The Morgan fingerprint density at radius 2 is 2.29 bits per heavy atom. The van der Waals surface area contributed by atoms with Crippen molar-refractivity contribution < 1.29 is 4.74 Å². The molecule has 1 aromatic rings. The van der Waals surface area contributed by atoms with Crippen molar-refractivity contribution in [2.45, 2.75) is 19.8 Å². The molecule has 2 rings (SSSR count). The molecule has 0 bridgehead atoms. The zero-order valence-electron chi connectivity index (χ0n) is 8.58. The normalized spacial score (nSPS) is 15.4. The molecular weight excluding hydrogens is 176 g/mol. The minimum Gasteiger partial charge on any atom is -0.481 e. The maximum absolute atomic E-state index is 5.11. The van der Waals surface area contributed by atoms with E-state index in [-0.39, 0.29) is 0 Å². The fourth-order valence-corrected chi connectivity index (χ4v) is 1.71. The minimum atomic E-state index is 0.701. The molecule has 0 aliphatic carbocycles. The summed E-state index contributed by atoms with van der Waals surface area (Å²) in [7, 11) is 1.64. The molecule has 0 fully saturated rings. The average molecular weight is 190 g/mol. The highest BCUT2D eigenvalue weighted by Gasteiger charge is 2.10. The van der Waals surface area contributed by atoms with E-state index in [4.69, 9.17) is 4.74 Å². The summed E-state index contributed by atoms with van der Waals surface area (Å²) in [6.45, 7) is 2.96. The summed E-state index contributed by atoms with van der Waals surface area (Å²) in [6.07, 6.45) is 4.09. The smallest absolute Gasteiger partial charge is 0.215 e. The largest absolute Gasteiger partial charge is 0.481 e. The second-order valence-corrected chi connectivity index (χ2v) is 3.48. The van der Waals surface area contributed by atoms with E-state index in [9.17, 15) is 0 Å². The summed E-state index contributed by atoms with van der Waals surface area (Å²) in [5.74, 6) is 0.701. The number of methoxy groups -OCH3 is 1. The lowest BCUT2D eigenvalue weighted by atomic mass is 10.1. The number of hydrogen-bond acceptors (Lipinski definition) is 3. The van der Waals surface area contributed by atoms with E-state index in [0.717, 1.165) is 24.1 Å². The van der Waals surface area contributed by atoms with Crippen molar-refractivity contribution >= 4 is 5.71 Å². The van der Waals surface area contributed by atoms with E-state index in [0.29, 0.717) is 5.88 Å². The molecule has 2 heterocycles. The van der Waals surface area contributed by atoms with E-state index in [1.807, 2.05) is 13.1 Å². The van der Waals surface area contributed by atoms with Crippen LogP contribution in [0.2, 0.25) is 0 Å². The van der Waals surface area contributed by atoms with Gasteiger partial charge in [-0.1, -0.05) is 0 Å². The van der Waals surface area contributed by atoms with Gasteiger partial charge in [0, 0.05) is 29.6 Å². The van der Waals surface area contributed by atoms with E-state index >= 15 is 0 Å². The maximum Gasteiger partial charge on any atom is 0.215 e. The molecule has 0 amide bonds. The van der Waals surface area contributed by atoms with Gasteiger partial charge in [0.1, 0.15) is 0 Å². The van der Waals surface area contributed by atoms with Gasteiger partial charge in [-0.3, -0.25) is 4.99 Å². The summed E-state index contributed by atoms with van der Waals surface area (Å²) in [5.41, 5.74) is 3.39. The SMILES string of the molecule is COc1ncc(C2=NCCC2)cc1C. The van der Waals surface area contributed by atoms with E-state index < -0.39 is 0 Å². The highest BCUT2D eigenvalue weighted by atomic mass is 16.5. The standard InChI is InChI=1S/C11H14N2O/c1-8-6-9(7-13-11(8)14-2)10-4-3-5-12-10/h6-7H,3-5H2,1-2H3. The fourth-order valence-electron chi connectivity index (χ4n) is 1.71. The van der Waals surface area contributed by atoms with Crippen molar-refractivity contribution in [3.63, 3.8) is 0 Å². The molecule has 0 aromatic carbocycles. The Labute approximate surface area is 83.8 Å². The summed E-state index contributed by atoms with van der Waals surface area (Å²) in [4.78, 5) is 8.68. The van der Waals surface area contributed by atoms with Crippen molar-refractivity contribution in [1.82, 2.24) is 4.98 Å². The molecule has 0 atom stereocenters. The van der Waals surface area contributed by atoms with Crippen LogP contribution in [0.3, 0.4) is 0 Å².